The van der Waals surface area contributed by atoms with Gasteiger partial charge in [0, 0.05) is 5.56 Å². The second-order valence-corrected chi connectivity index (χ2v) is 5.65. The fourth-order valence-electron chi connectivity index (χ4n) is 1.77. The van der Waals surface area contributed by atoms with E-state index in [0.717, 1.165) is 11.3 Å². The molecule has 0 fully saturated rings. The van der Waals surface area contributed by atoms with Gasteiger partial charge in [0.15, 0.2) is 0 Å². The zero-order valence-electron chi connectivity index (χ0n) is 12.7. The van der Waals surface area contributed by atoms with E-state index in [1.165, 1.54) is 6.07 Å². The van der Waals surface area contributed by atoms with Gasteiger partial charge in [0.2, 0.25) is 0 Å². The highest BCUT2D eigenvalue weighted by Gasteiger charge is 2.10. The predicted molar refractivity (Wildman–Crippen MR) is 88.6 cm³/mol. The van der Waals surface area contributed by atoms with Gasteiger partial charge in [-0.25, -0.2) is 10.2 Å². The highest BCUT2D eigenvalue weighted by molar-refractivity contribution is 7.15. The number of nitrogens with zero attached hydrogens (tertiary/aromatic N) is 1. The van der Waals surface area contributed by atoms with Crippen LogP contribution in [0.15, 0.2) is 41.5 Å². The van der Waals surface area contributed by atoms with Crippen molar-refractivity contribution in [3.8, 4) is 5.75 Å². The molecule has 0 unspecified atom stereocenters. The van der Waals surface area contributed by atoms with Crippen molar-refractivity contribution in [3.05, 3.63) is 51.7 Å². The van der Waals surface area contributed by atoms with Crippen molar-refractivity contribution in [1.29, 1.82) is 0 Å². The minimum Gasteiger partial charge on any atom is -0.494 e. The van der Waals surface area contributed by atoms with Crippen LogP contribution in [-0.4, -0.2) is 29.3 Å². The van der Waals surface area contributed by atoms with Crippen LogP contribution in [0.3, 0.4) is 0 Å². The molecule has 0 saturated carbocycles. The molecule has 6 nitrogen and oxygen atoms in total. The molecule has 1 amide bonds. The van der Waals surface area contributed by atoms with E-state index in [1.807, 2.05) is 6.92 Å². The minimum absolute atomic E-state index is 0.229. The lowest BCUT2D eigenvalue weighted by Gasteiger charge is -2.04. The SMILES string of the molecule is CCOc1ccc(C(=O)N/N=C(/C)c2ccc(C(=O)O)s2)cc1. The topological polar surface area (TPSA) is 88.0 Å². The third-order valence-corrected chi connectivity index (χ3v) is 4.11. The van der Waals surface area contributed by atoms with Crippen molar-refractivity contribution in [3.63, 3.8) is 0 Å². The monoisotopic (exact) mass is 332 g/mol. The van der Waals surface area contributed by atoms with Crippen LogP contribution >= 0.6 is 11.3 Å². The van der Waals surface area contributed by atoms with E-state index in [2.05, 4.69) is 10.5 Å². The van der Waals surface area contributed by atoms with Crippen LogP contribution in [0, 0.1) is 0 Å². The average molecular weight is 332 g/mol. The van der Waals surface area contributed by atoms with Gasteiger partial charge in [-0.1, -0.05) is 0 Å². The van der Waals surface area contributed by atoms with Crippen LogP contribution in [0.2, 0.25) is 0 Å². The molecule has 2 N–H and O–H groups in total. The van der Waals surface area contributed by atoms with E-state index in [1.54, 1.807) is 37.3 Å². The molecule has 1 aromatic heterocycles. The third-order valence-electron chi connectivity index (χ3n) is 2.93. The summed E-state index contributed by atoms with van der Waals surface area (Å²) in [6, 6.07) is 9.91. The Labute approximate surface area is 137 Å². The van der Waals surface area contributed by atoms with Gasteiger partial charge < -0.3 is 9.84 Å². The smallest absolute Gasteiger partial charge is 0.345 e. The fraction of sp³-hybridized carbons (Fsp3) is 0.188. The molecular weight excluding hydrogens is 316 g/mol. The molecule has 0 atom stereocenters. The zero-order chi connectivity index (χ0) is 16.8. The highest BCUT2D eigenvalue weighted by Crippen LogP contribution is 2.17. The lowest BCUT2D eigenvalue weighted by Crippen LogP contribution is -2.19. The molecule has 7 heteroatoms. The van der Waals surface area contributed by atoms with Gasteiger partial charge in [-0.3, -0.25) is 4.79 Å². The van der Waals surface area contributed by atoms with E-state index in [4.69, 9.17) is 9.84 Å². The summed E-state index contributed by atoms with van der Waals surface area (Å²) in [6.45, 7) is 4.16. The number of hydrogen-bond donors (Lipinski definition) is 2. The van der Waals surface area contributed by atoms with E-state index >= 15 is 0 Å². The Morgan fingerprint density at radius 3 is 2.39 bits per heavy atom. The first kappa shape index (κ1) is 16.7. The number of carbonyl (C=O) groups excluding carboxylic acids is 1. The summed E-state index contributed by atoms with van der Waals surface area (Å²) in [5.41, 5.74) is 3.46. The second-order valence-electron chi connectivity index (χ2n) is 4.56. The first-order chi connectivity index (χ1) is 11.0. The molecule has 120 valence electrons. The van der Waals surface area contributed by atoms with Crippen LogP contribution in [0.4, 0.5) is 0 Å². The van der Waals surface area contributed by atoms with Crippen molar-refractivity contribution < 1.29 is 19.4 Å². The Morgan fingerprint density at radius 1 is 1.17 bits per heavy atom. The Kier molecular flexibility index (Phi) is 5.48. The molecule has 1 heterocycles. The first-order valence-electron chi connectivity index (χ1n) is 6.92. The van der Waals surface area contributed by atoms with Gasteiger partial charge in [-0.05, 0) is 50.2 Å². The second kappa shape index (κ2) is 7.55. The number of hydrogen-bond acceptors (Lipinski definition) is 5. The maximum absolute atomic E-state index is 12.0. The molecular formula is C16H16N2O4S. The fourth-order valence-corrected chi connectivity index (χ4v) is 2.56. The van der Waals surface area contributed by atoms with Gasteiger partial charge >= 0.3 is 5.97 Å². The number of nitrogens with one attached hydrogen (secondary N) is 1. The molecule has 1 aromatic carbocycles. The molecule has 0 saturated heterocycles. The summed E-state index contributed by atoms with van der Waals surface area (Å²) >= 11 is 1.11. The molecule has 23 heavy (non-hydrogen) atoms. The van der Waals surface area contributed by atoms with Crippen molar-refractivity contribution in [2.75, 3.05) is 6.61 Å². The summed E-state index contributed by atoms with van der Waals surface area (Å²) < 4.78 is 5.31. The molecule has 0 radical (unpaired) electrons. The van der Waals surface area contributed by atoms with Crippen molar-refractivity contribution in [2.24, 2.45) is 5.10 Å². The van der Waals surface area contributed by atoms with Crippen LogP contribution in [0.5, 0.6) is 5.75 Å². The summed E-state index contributed by atoms with van der Waals surface area (Å²) in [4.78, 5) is 23.8. The van der Waals surface area contributed by atoms with Crippen molar-refractivity contribution in [1.82, 2.24) is 5.43 Å². The lowest BCUT2D eigenvalue weighted by atomic mass is 10.2. The van der Waals surface area contributed by atoms with Crippen LogP contribution in [0.25, 0.3) is 0 Å². The zero-order valence-corrected chi connectivity index (χ0v) is 13.5. The minimum atomic E-state index is -0.979. The maximum atomic E-state index is 12.0. The van der Waals surface area contributed by atoms with Crippen LogP contribution in [-0.2, 0) is 0 Å². The van der Waals surface area contributed by atoms with E-state index in [-0.39, 0.29) is 10.8 Å². The van der Waals surface area contributed by atoms with Gasteiger partial charge in [0.1, 0.15) is 10.6 Å². The summed E-state index contributed by atoms with van der Waals surface area (Å²) in [5.74, 6) is -0.626. The molecule has 0 aliphatic carbocycles. The number of hydrazone groups is 1. The van der Waals surface area contributed by atoms with Crippen molar-refractivity contribution in [2.45, 2.75) is 13.8 Å². The van der Waals surface area contributed by atoms with E-state index < -0.39 is 5.97 Å². The Balaban J connectivity index is 2.02. The Bertz CT molecular complexity index is 735. The lowest BCUT2D eigenvalue weighted by molar-refractivity contribution is 0.0702. The number of carboxylic acids is 1. The summed E-state index contributed by atoms with van der Waals surface area (Å²) in [6.07, 6.45) is 0. The highest BCUT2D eigenvalue weighted by atomic mass is 32.1. The van der Waals surface area contributed by atoms with Gasteiger partial charge in [0.25, 0.3) is 5.91 Å². The number of amides is 1. The number of ether oxygens (including phenoxy) is 1. The summed E-state index contributed by atoms with van der Waals surface area (Å²) in [5, 5.41) is 12.9. The van der Waals surface area contributed by atoms with Crippen LogP contribution in [0.1, 0.15) is 38.8 Å². The van der Waals surface area contributed by atoms with Gasteiger partial charge in [0.05, 0.1) is 17.2 Å². The largest absolute Gasteiger partial charge is 0.494 e. The number of aromatic carboxylic acids is 1. The van der Waals surface area contributed by atoms with E-state index in [0.29, 0.717) is 28.5 Å². The number of carbonyl (C=O) groups is 2. The molecule has 0 aliphatic rings. The van der Waals surface area contributed by atoms with Gasteiger partial charge in [-0.2, -0.15) is 5.10 Å². The Hall–Kier alpha value is -2.67. The van der Waals surface area contributed by atoms with Gasteiger partial charge in [-0.15, -0.1) is 11.3 Å². The molecule has 0 bridgehead atoms. The number of rotatable bonds is 6. The predicted octanol–water partition coefficient (Wildman–Crippen LogP) is 3.00. The quantitative estimate of drug-likeness (QED) is 0.629. The van der Waals surface area contributed by atoms with Crippen molar-refractivity contribution >= 4 is 28.9 Å². The molecule has 0 spiro atoms. The number of benzene rings is 1. The standard InChI is InChI=1S/C16H16N2O4S/c1-3-22-12-6-4-11(5-7-12)15(19)18-17-10(2)13-8-9-14(23-13)16(20)21/h4-9H,3H2,1-2H3,(H,18,19)(H,20,21)/b17-10-. The molecule has 0 aliphatic heterocycles. The molecule has 2 rings (SSSR count). The summed E-state index contributed by atoms with van der Waals surface area (Å²) in [7, 11) is 0. The third kappa shape index (κ3) is 4.40. The number of carboxylic acid groups (broad SMARTS) is 1. The average Bonchev–Trinajstić information content (AvgIpc) is 3.03. The van der Waals surface area contributed by atoms with E-state index in [9.17, 15) is 9.59 Å². The maximum Gasteiger partial charge on any atom is 0.345 e. The Morgan fingerprint density at radius 2 is 1.83 bits per heavy atom. The molecule has 2 aromatic rings. The number of thiophene rings is 1. The first-order valence-corrected chi connectivity index (χ1v) is 7.74. The van der Waals surface area contributed by atoms with Crippen LogP contribution < -0.4 is 10.2 Å². The normalized spacial score (nSPS) is 11.1.